The van der Waals surface area contributed by atoms with Crippen molar-refractivity contribution in [3.63, 3.8) is 0 Å². The maximum absolute atomic E-state index is 12.3. The average molecular weight is 290 g/mol. The highest BCUT2D eigenvalue weighted by Crippen LogP contribution is 2.28. The van der Waals surface area contributed by atoms with Crippen LogP contribution in [0.3, 0.4) is 0 Å². The third-order valence-corrected chi connectivity index (χ3v) is 4.03. The van der Waals surface area contributed by atoms with Crippen LogP contribution in [0.1, 0.15) is 36.9 Å². The Kier molecular flexibility index (Phi) is 5.09. The van der Waals surface area contributed by atoms with Gasteiger partial charge in [0, 0.05) is 18.9 Å². The molecule has 5 nitrogen and oxygen atoms in total. The number of carbonyl (C=O) groups is 2. The predicted octanol–water partition coefficient (Wildman–Crippen LogP) is 0.705. The number of Topliss-reactive ketones (excluding diaryl/α,β-unsaturated/α-hetero) is 1. The Balaban J connectivity index is 2.07. The molecule has 1 aliphatic carbocycles. The van der Waals surface area contributed by atoms with Crippen LogP contribution in [0.5, 0.6) is 0 Å². The highest BCUT2D eigenvalue weighted by molar-refractivity contribution is 5.95. The first kappa shape index (κ1) is 15.7. The van der Waals surface area contributed by atoms with Gasteiger partial charge >= 0.3 is 0 Å². The molecule has 0 saturated carbocycles. The molecule has 0 aromatic heterocycles. The van der Waals surface area contributed by atoms with Crippen molar-refractivity contribution in [3.8, 4) is 0 Å². The normalized spacial score (nSPS) is 20.0. The molecular weight excluding hydrogens is 268 g/mol. The van der Waals surface area contributed by atoms with Crippen molar-refractivity contribution in [2.75, 3.05) is 6.54 Å². The number of rotatable bonds is 6. The third kappa shape index (κ3) is 3.49. The van der Waals surface area contributed by atoms with Gasteiger partial charge in [-0.05, 0) is 24.0 Å². The van der Waals surface area contributed by atoms with Gasteiger partial charge in [0.1, 0.15) is 6.04 Å². The van der Waals surface area contributed by atoms with E-state index in [4.69, 9.17) is 5.73 Å². The van der Waals surface area contributed by atoms with Crippen LogP contribution in [0.25, 0.3) is 0 Å². The fraction of sp³-hybridized carbons (Fsp3) is 0.500. The lowest BCUT2D eigenvalue weighted by Crippen LogP contribution is -2.38. The van der Waals surface area contributed by atoms with Crippen molar-refractivity contribution >= 4 is 11.7 Å². The summed E-state index contributed by atoms with van der Waals surface area (Å²) in [6.45, 7) is 2.02. The number of amides is 1. The summed E-state index contributed by atoms with van der Waals surface area (Å²) in [6, 6.07) is 6.99. The van der Waals surface area contributed by atoms with Gasteiger partial charge in [0.05, 0.1) is 6.10 Å². The number of hydrogen-bond acceptors (Lipinski definition) is 4. The summed E-state index contributed by atoms with van der Waals surface area (Å²) in [7, 11) is 0. The van der Waals surface area contributed by atoms with Crippen LogP contribution in [0.2, 0.25) is 0 Å². The molecule has 3 unspecified atom stereocenters. The molecule has 0 fully saturated rings. The van der Waals surface area contributed by atoms with Crippen molar-refractivity contribution in [1.82, 2.24) is 5.32 Å². The quantitative estimate of drug-likeness (QED) is 0.719. The molecule has 3 atom stereocenters. The van der Waals surface area contributed by atoms with Crippen molar-refractivity contribution < 1.29 is 14.7 Å². The van der Waals surface area contributed by atoms with Gasteiger partial charge in [-0.15, -0.1) is 0 Å². The Morgan fingerprint density at radius 1 is 1.48 bits per heavy atom. The zero-order valence-corrected chi connectivity index (χ0v) is 12.2. The smallest absolute Gasteiger partial charge is 0.224 e. The van der Waals surface area contributed by atoms with Crippen LogP contribution >= 0.6 is 0 Å². The largest absolute Gasteiger partial charge is 0.392 e. The van der Waals surface area contributed by atoms with Crippen LogP contribution in [-0.2, 0) is 16.0 Å². The third-order valence-electron chi connectivity index (χ3n) is 4.03. The Morgan fingerprint density at radius 2 is 2.19 bits per heavy atom. The van der Waals surface area contributed by atoms with Gasteiger partial charge in [0.25, 0.3) is 0 Å². The van der Waals surface area contributed by atoms with Gasteiger partial charge in [0.15, 0.2) is 5.78 Å². The number of aliphatic hydroxyl groups excluding tert-OH is 1. The first-order valence-electron chi connectivity index (χ1n) is 7.35. The Morgan fingerprint density at radius 3 is 2.86 bits per heavy atom. The van der Waals surface area contributed by atoms with Gasteiger partial charge in [-0.3, -0.25) is 9.59 Å². The molecule has 0 radical (unpaired) electrons. The van der Waals surface area contributed by atoms with Crippen molar-refractivity contribution in [1.29, 1.82) is 0 Å². The van der Waals surface area contributed by atoms with Gasteiger partial charge < -0.3 is 16.2 Å². The molecule has 0 bridgehead atoms. The topological polar surface area (TPSA) is 92.4 Å². The van der Waals surface area contributed by atoms with Crippen LogP contribution in [0.4, 0.5) is 0 Å². The number of fused-ring (bicyclic) bond motifs is 1. The molecule has 5 heteroatoms. The molecule has 0 saturated heterocycles. The van der Waals surface area contributed by atoms with Crippen LogP contribution < -0.4 is 11.1 Å². The van der Waals surface area contributed by atoms with E-state index in [1.807, 2.05) is 31.2 Å². The van der Waals surface area contributed by atoms with E-state index in [0.717, 1.165) is 11.1 Å². The van der Waals surface area contributed by atoms with Crippen molar-refractivity contribution in [2.24, 2.45) is 11.7 Å². The Hall–Kier alpha value is -1.72. The molecule has 4 N–H and O–H groups in total. The minimum atomic E-state index is -0.688. The summed E-state index contributed by atoms with van der Waals surface area (Å²) < 4.78 is 0. The molecule has 0 heterocycles. The van der Waals surface area contributed by atoms with Crippen molar-refractivity contribution in [3.05, 3.63) is 35.4 Å². The Labute approximate surface area is 124 Å². The number of nitrogens with one attached hydrogen (secondary N) is 1. The summed E-state index contributed by atoms with van der Waals surface area (Å²) in [4.78, 5) is 24.4. The van der Waals surface area contributed by atoms with E-state index < -0.39 is 12.1 Å². The molecule has 114 valence electrons. The molecule has 21 heavy (non-hydrogen) atoms. The van der Waals surface area contributed by atoms with Gasteiger partial charge in [-0.1, -0.05) is 31.2 Å². The average Bonchev–Trinajstić information content (AvgIpc) is 2.80. The molecule has 1 aliphatic rings. The molecule has 1 aromatic rings. The molecule has 1 aromatic carbocycles. The summed E-state index contributed by atoms with van der Waals surface area (Å²) in [5.74, 6) is -0.511. The van der Waals surface area contributed by atoms with Gasteiger partial charge in [0.2, 0.25) is 5.91 Å². The zero-order chi connectivity index (χ0) is 15.4. The summed E-state index contributed by atoms with van der Waals surface area (Å²) in [5, 5.41) is 12.4. The van der Waals surface area contributed by atoms with E-state index in [-0.39, 0.29) is 24.2 Å². The molecular formula is C16H22N2O3. The fourth-order valence-corrected chi connectivity index (χ4v) is 2.74. The molecule has 1 amide bonds. The minimum Gasteiger partial charge on any atom is -0.392 e. The summed E-state index contributed by atoms with van der Waals surface area (Å²) in [6.07, 6.45) is 0.600. The minimum absolute atomic E-state index is 0.0128. The first-order chi connectivity index (χ1) is 10.1. The van der Waals surface area contributed by atoms with E-state index in [2.05, 4.69) is 5.32 Å². The molecule has 0 aliphatic heterocycles. The summed E-state index contributed by atoms with van der Waals surface area (Å²) >= 11 is 0. The number of nitrogens with two attached hydrogens (primary N) is 1. The lowest BCUT2D eigenvalue weighted by Gasteiger charge is -2.20. The molecule has 2 rings (SSSR count). The fourth-order valence-electron chi connectivity index (χ4n) is 2.74. The lowest BCUT2D eigenvalue weighted by molar-refractivity contribution is -0.130. The summed E-state index contributed by atoms with van der Waals surface area (Å²) in [5.41, 5.74) is 7.24. The Bertz CT molecular complexity index is 530. The standard InChI is InChI=1S/C16H22N2O3/c1-2-10(7-12(19)9-17)16(21)18-15-13-6-4-3-5-11(13)8-14(15)20/h3-6,10,12,15,19H,2,7-9,17H2,1H3,(H,18,21). The van der Waals surface area contributed by atoms with E-state index in [1.165, 1.54) is 0 Å². The first-order valence-corrected chi connectivity index (χ1v) is 7.35. The molecule has 0 spiro atoms. The predicted molar refractivity (Wildman–Crippen MR) is 79.5 cm³/mol. The second-order valence-corrected chi connectivity index (χ2v) is 5.51. The maximum atomic E-state index is 12.3. The van der Waals surface area contributed by atoms with E-state index in [0.29, 0.717) is 19.3 Å². The number of aliphatic hydroxyl groups is 1. The number of benzene rings is 1. The SMILES string of the molecule is CCC(CC(O)CN)C(=O)NC1C(=O)Cc2ccccc21. The second-order valence-electron chi connectivity index (χ2n) is 5.51. The lowest BCUT2D eigenvalue weighted by atomic mass is 9.96. The van der Waals surface area contributed by atoms with Crippen molar-refractivity contribution in [2.45, 2.75) is 38.3 Å². The zero-order valence-electron chi connectivity index (χ0n) is 12.2. The van der Waals surface area contributed by atoms with E-state index in [1.54, 1.807) is 0 Å². The highest BCUT2D eigenvalue weighted by atomic mass is 16.3. The van der Waals surface area contributed by atoms with Gasteiger partial charge in [-0.2, -0.15) is 0 Å². The van der Waals surface area contributed by atoms with Gasteiger partial charge in [-0.25, -0.2) is 0 Å². The van der Waals surface area contributed by atoms with Crippen LogP contribution in [-0.4, -0.2) is 29.4 Å². The highest BCUT2D eigenvalue weighted by Gasteiger charge is 2.33. The van der Waals surface area contributed by atoms with E-state index in [9.17, 15) is 14.7 Å². The maximum Gasteiger partial charge on any atom is 0.224 e. The second kappa shape index (κ2) is 6.83. The number of carbonyl (C=O) groups excluding carboxylic acids is 2. The number of hydrogen-bond donors (Lipinski definition) is 3. The van der Waals surface area contributed by atoms with E-state index >= 15 is 0 Å². The van der Waals surface area contributed by atoms with Crippen LogP contribution in [0.15, 0.2) is 24.3 Å². The monoisotopic (exact) mass is 290 g/mol. The number of ketones is 1. The van der Waals surface area contributed by atoms with Crippen LogP contribution in [0, 0.1) is 5.92 Å².